The monoisotopic (exact) mass is 332 g/mol. The van der Waals surface area contributed by atoms with Crippen LogP contribution in [0.5, 0.6) is 0 Å². The van der Waals surface area contributed by atoms with Gasteiger partial charge in [0, 0.05) is 17.3 Å². The number of aryl methyl sites for hydroxylation is 1. The van der Waals surface area contributed by atoms with Crippen molar-refractivity contribution in [2.45, 2.75) is 20.8 Å². The average Bonchev–Trinajstić information content (AvgIpc) is 3.12. The summed E-state index contributed by atoms with van der Waals surface area (Å²) in [5.41, 5.74) is 11.6. The molecule has 4 rings (SSSR count). The van der Waals surface area contributed by atoms with Crippen molar-refractivity contribution in [3.63, 3.8) is 0 Å². The zero-order valence-corrected chi connectivity index (χ0v) is 14.5. The molecule has 0 radical (unpaired) electrons. The van der Waals surface area contributed by atoms with Crippen molar-refractivity contribution in [2.75, 3.05) is 5.73 Å². The van der Waals surface area contributed by atoms with Gasteiger partial charge >= 0.3 is 0 Å². The van der Waals surface area contributed by atoms with Crippen molar-refractivity contribution in [3.05, 3.63) is 60.6 Å². The minimum absolute atomic E-state index is 0.445. The largest absolute Gasteiger partial charge is 0.383 e. The number of nitrogens with two attached hydrogens (primary N) is 1. The standard InChI is InChI=1S/C17H14N6.C2H6/c1-11-2-4-12(5-3-11)13-8-14(17(18)19-9-13)15-6-7-16-21-20-10-23(16)22-15;1-2/h2-10H,1H3,(H2,18,19);1-2H3. The van der Waals surface area contributed by atoms with Crippen LogP contribution in [0.3, 0.4) is 0 Å². The van der Waals surface area contributed by atoms with Gasteiger partial charge in [0.1, 0.15) is 12.1 Å². The zero-order chi connectivity index (χ0) is 17.8. The molecule has 0 saturated heterocycles. The van der Waals surface area contributed by atoms with E-state index in [0.29, 0.717) is 11.5 Å². The highest BCUT2D eigenvalue weighted by atomic mass is 15.3. The summed E-state index contributed by atoms with van der Waals surface area (Å²) < 4.78 is 1.62. The SMILES string of the molecule is CC.Cc1ccc(-c2cnc(N)c(-c3ccc4nncn4n3)c2)cc1. The lowest BCUT2D eigenvalue weighted by Crippen LogP contribution is -1.99. The van der Waals surface area contributed by atoms with Crippen molar-refractivity contribution >= 4 is 11.5 Å². The molecule has 0 aliphatic heterocycles. The normalized spacial score (nSPS) is 10.4. The highest BCUT2D eigenvalue weighted by Gasteiger charge is 2.10. The third kappa shape index (κ3) is 3.33. The maximum absolute atomic E-state index is 6.05. The summed E-state index contributed by atoms with van der Waals surface area (Å²) in [7, 11) is 0. The average molecular weight is 332 g/mol. The minimum Gasteiger partial charge on any atom is -0.383 e. The van der Waals surface area contributed by atoms with E-state index in [4.69, 9.17) is 5.73 Å². The van der Waals surface area contributed by atoms with Crippen LogP contribution in [0.4, 0.5) is 5.82 Å². The number of hydrogen-bond donors (Lipinski definition) is 1. The first-order chi connectivity index (χ1) is 12.2. The maximum atomic E-state index is 6.05. The molecule has 4 aromatic rings. The number of rotatable bonds is 2. The second-order valence-electron chi connectivity index (χ2n) is 5.38. The third-order valence-corrected chi connectivity index (χ3v) is 3.74. The van der Waals surface area contributed by atoms with Gasteiger partial charge in [-0.1, -0.05) is 43.7 Å². The number of nitrogens with zero attached hydrogens (tertiary/aromatic N) is 5. The Kier molecular flexibility index (Phi) is 4.70. The fourth-order valence-electron chi connectivity index (χ4n) is 2.46. The van der Waals surface area contributed by atoms with E-state index in [2.05, 4.69) is 51.5 Å². The van der Waals surface area contributed by atoms with Crippen LogP contribution in [0, 0.1) is 6.92 Å². The molecule has 0 aliphatic carbocycles. The number of benzene rings is 1. The summed E-state index contributed by atoms with van der Waals surface area (Å²) in [6.45, 7) is 6.06. The lowest BCUT2D eigenvalue weighted by molar-refractivity contribution is 0.932. The number of anilines is 1. The summed E-state index contributed by atoms with van der Waals surface area (Å²) >= 11 is 0. The van der Waals surface area contributed by atoms with Crippen molar-refractivity contribution in [1.29, 1.82) is 0 Å². The third-order valence-electron chi connectivity index (χ3n) is 3.74. The lowest BCUT2D eigenvalue weighted by atomic mass is 10.0. The fourth-order valence-corrected chi connectivity index (χ4v) is 2.46. The van der Waals surface area contributed by atoms with Crippen molar-refractivity contribution in [2.24, 2.45) is 0 Å². The number of aromatic nitrogens is 5. The highest BCUT2D eigenvalue weighted by molar-refractivity contribution is 5.77. The topological polar surface area (TPSA) is 82.0 Å². The molecule has 0 unspecified atom stereocenters. The predicted molar refractivity (Wildman–Crippen MR) is 99.9 cm³/mol. The second kappa shape index (κ2) is 7.09. The Morgan fingerprint density at radius 1 is 0.960 bits per heavy atom. The maximum Gasteiger partial charge on any atom is 0.177 e. The van der Waals surface area contributed by atoms with Gasteiger partial charge in [0.15, 0.2) is 5.65 Å². The van der Waals surface area contributed by atoms with Gasteiger partial charge in [0.25, 0.3) is 0 Å². The molecule has 0 bridgehead atoms. The van der Waals surface area contributed by atoms with E-state index in [0.717, 1.165) is 22.4 Å². The molecule has 6 heteroatoms. The van der Waals surface area contributed by atoms with E-state index in [-0.39, 0.29) is 0 Å². The number of fused-ring (bicyclic) bond motifs is 1. The molecular weight excluding hydrogens is 312 g/mol. The molecule has 3 aromatic heterocycles. The van der Waals surface area contributed by atoms with Crippen LogP contribution in [-0.2, 0) is 0 Å². The molecule has 0 spiro atoms. The van der Waals surface area contributed by atoms with E-state index in [1.54, 1.807) is 17.0 Å². The van der Waals surface area contributed by atoms with Gasteiger partial charge in [0.05, 0.1) is 5.69 Å². The Balaban J connectivity index is 0.000000880. The van der Waals surface area contributed by atoms with Crippen LogP contribution in [-0.4, -0.2) is 24.8 Å². The van der Waals surface area contributed by atoms with Gasteiger partial charge in [0.2, 0.25) is 0 Å². The van der Waals surface area contributed by atoms with E-state index in [1.165, 1.54) is 5.56 Å². The van der Waals surface area contributed by atoms with Crippen LogP contribution in [0.25, 0.3) is 28.0 Å². The highest BCUT2D eigenvalue weighted by Crippen LogP contribution is 2.28. The molecule has 0 amide bonds. The molecule has 2 N–H and O–H groups in total. The number of nitrogen functional groups attached to an aromatic ring is 1. The lowest BCUT2D eigenvalue weighted by Gasteiger charge is -2.08. The summed E-state index contributed by atoms with van der Waals surface area (Å²) in [5, 5.41) is 12.3. The summed E-state index contributed by atoms with van der Waals surface area (Å²) in [5.74, 6) is 0.445. The second-order valence-corrected chi connectivity index (χ2v) is 5.38. The molecule has 126 valence electrons. The molecule has 0 saturated carbocycles. The fraction of sp³-hybridized carbons (Fsp3) is 0.158. The van der Waals surface area contributed by atoms with Crippen LogP contribution in [0.15, 0.2) is 55.0 Å². The smallest absolute Gasteiger partial charge is 0.177 e. The van der Waals surface area contributed by atoms with Gasteiger partial charge in [-0.05, 0) is 30.7 Å². The van der Waals surface area contributed by atoms with Gasteiger partial charge in [-0.3, -0.25) is 0 Å². The van der Waals surface area contributed by atoms with E-state index < -0.39 is 0 Å². The van der Waals surface area contributed by atoms with Crippen molar-refractivity contribution in [3.8, 4) is 22.4 Å². The van der Waals surface area contributed by atoms with Crippen molar-refractivity contribution in [1.82, 2.24) is 24.8 Å². The van der Waals surface area contributed by atoms with Crippen LogP contribution in [0.2, 0.25) is 0 Å². The van der Waals surface area contributed by atoms with Gasteiger partial charge in [-0.25, -0.2) is 4.98 Å². The molecule has 0 fully saturated rings. The molecule has 1 aromatic carbocycles. The zero-order valence-electron chi connectivity index (χ0n) is 14.5. The predicted octanol–water partition coefficient (Wildman–Crippen LogP) is 3.77. The number of hydrogen-bond acceptors (Lipinski definition) is 5. The first-order valence-corrected chi connectivity index (χ1v) is 8.21. The molecular formula is C19H20N6. The van der Waals surface area contributed by atoms with E-state index in [1.807, 2.05) is 32.0 Å². The first kappa shape index (κ1) is 16.6. The Morgan fingerprint density at radius 2 is 1.72 bits per heavy atom. The quantitative estimate of drug-likeness (QED) is 0.604. The molecule has 0 aliphatic rings. The van der Waals surface area contributed by atoms with E-state index >= 15 is 0 Å². The Bertz CT molecular complexity index is 988. The van der Waals surface area contributed by atoms with Gasteiger partial charge in [-0.15, -0.1) is 10.2 Å². The molecule has 3 heterocycles. The van der Waals surface area contributed by atoms with Gasteiger partial charge < -0.3 is 5.73 Å². The Labute approximate surface area is 146 Å². The minimum atomic E-state index is 0.445. The molecule has 25 heavy (non-hydrogen) atoms. The Hall–Kier alpha value is -3.28. The molecule has 6 nitrogen and oxygen atoms in total. The van der Waals surface area contributed by atoms with Crippen LogP contribution < -0.4 is 5.73 Å². The molecule has 0 atom stereocenters. The van der Waals surface area contributed by atoms with Gasteiger partial charge in [-0.2, -0.15) is 9.61 Å². The van der Waals surface area contributed by atoms with Crippen LogP contribution >= 0.6 is 0 Å². The van der Waals surface area contributed by atoms with E-state index in [9.17, 15) is 0 Å². The summed E-state index contributed by atoms with van der Waals surface area (Å²) in [6, 6.07) is 14.0. The van der Waals surface area contributed by atoms with Crippen molar-refractivity contribution < 1.29 is 0 Å². The first-order valence-electron chi connectivity index (χ1n) is 8.21. The summed E-state index contributed by atoms with van der Waals surface area (Å²) in [6.07, 6.45) is 3.34. The number of pyridine rings is 1. The van der Waals surface area contributed by atoms with Crippen LogP contribution in [0.1, 0.15) is 19.4 Å². The Morgan fingerprint density at radius 3 is 2.48 bits per heavy atom. The summed E-state index contributed by atoms with van der Waals surface area (Å²) in [4.78, 5) is 4.32.